The summed E-state index contributed by atoms with van der Waals surface area (Å²) in [4.78, 5) is 21.5. The van der Waals surface area contributed by atoms with Gasteiger partial charge in [-0.05, 0) is 38.5 Å². The normalized spacial score (nSPS) is 20.1. The van der Waals surface area contributed by atoms with Gasteiger partial charge < -0.3 is 9.64 Å². The molecule has 3 rings (SSSR count). The monoisotopic (exact) mass is 320 g/mol. The number of ether oxygens (including phenoxy) is 1. The van der Waals surface area contributed by atoms with Crippen molar-refractivity contribution in [2.75, 3.05) is 18.0 Å². The third kappa shape index (κ3) is 3.89. The minimum absolute atomic E-state index is 0.0364. The van der Waals surface area contributed by atoms with Crippen LogP contribution in [0.15, 0.2) is 6.33 Å². The maximum absolute atomic E-state index is 11.6. The molecule has 1 saturated heterocycles. The van der Waals surface area contributed by atoms with Crippen molar-refractivity contribution in [3.05, 3.63) is 16.4 Å². The summed E-state index contributed by atoms with van der Waals surface area (Å²) in [6.07, 6.45) is 11.2. The fraction of sp³-hybridized carbons (Fsp3) is 0.750. The molecule has 0 amide bonds. The van der Waals surface area contributed by atoms with Gasteiger partial charge in [-0.25, -0.2) is 4.98 Å². The average molecular weight is 320 g/mol. The van der Waals surface area contributed by atoms with Crippen LogP contribution in [0.1, 0.15) is 57.8 Å². The lowest BCUT2D eigenvalue weighted by molar-refractivity contribution is -0.385. The van der Waals surface area contributed by atoms with Crippen molar-refractivity contribution in [3.63, 3.8) is 0 Å². The molecule has 1 aromatic heterocycles. The molecule has 0 N–H and O–H groups in total. The Hall–Kier alpha value is -1.92. The molecular formula is C16H24N4O3. The minimum Gasteiger partial charge on any atom is -0.469 e. The standard InChI is InChI=1S/C16H24N4O3/c21-20(22)14-15(19-10-6-1-2-7-11-19)17-12-18-16(14)23-13-8-4-3-5-9-13/h12-13H,1-11H2. The molecule has 2 heterocycles. The molecule has 1 saturated carbocycles. The third-order valence-corrected chi connectivity index (χ3v) is 4.69. The first-order chi connectivity index (χ1) is 11.3. The average Bonchev–Trinajstić information content (AvgIpc) is 2.84. The van der Waals surface area contributed by atoms with E-state index in [1.807, 2.05) is 4.90 Å². The molecule has 0 unspecified atom stereocenters. The Morgan fingerprint density at radius 2 is 1.70 bits per heavy atom. The predicted molar refractivity (Wildman–Crippen MR) is 86.9 cm³/mol. The van der Waals surface area contributed by atoms with Gasteiger partial charge in [0.25, 0.3) is 5.88 Å². The van der Waals surface area contributed by atoms with E-state index in [1.54, 1.807) is 0 Å². The van der Waals surface area contributed by atoms with E-state index < -0.39 is 4.92 Å². The topological polar surface area (TPSA) is 81.4 Å². The van der Waals surface area contributed by atoms with Crippen LogP contribution in [0.5, 0.6) is 5.88 Å². The first kappa shape index (κ1) is 16.0. The van der Waals surface area contributed by atoms with Gasteiger partial charge >= 0.3 is 5.69 Å². The molecule has 0 bridgehead atoms. The van der Waals surface area contributed by atoms with Gasteiger partial charge in [0.15, 0.2) is 0 Å². The maximum Gasteiger partial charge on any atom is 0.372 e. The van der Waals surface area contributed by atoms with E-state index in [-0.39, 0.29) is 17.7 Å². The number of hydrogen-bond acceptors (Lipinski definition) is 6. The van der Waals surface area contributed by atoms with Crippen LogP contribution < -0.4 is 9.64 Å². The summed E-state index contributed by atoms with van der Waals surface area (Å²) in [5, 5.41) is 11.6. The van der Waals surface area contributed by atoms with E-state index in [0.717, 1.165) is 51.6 Å². The summed E-state index contributed by atoms with van der Waals surface area (Å²) in [6, 6.07) is 0. The number of aromatic nitrogens is 2. The molecule has 7 heteroatoms. The lowest BCUT2D eigenvalue weighted by Gasteiger charge is -2.24. The number of nitrogens with zero attached hydrogens (tertiary/aromatic N) is 4. The highest BCUT2D eigenvalue weighted by molar-refractivity contribution is 5.62. The zero-order valence-corrected chi connectivity index (χ0v) is 13.4. The Morgan fingerprint density at radius 3 is 2.35 bits per heavy atom. The van der Waals surface area contributed by atoms with Crippen LogP contribution in [0.25, 0.3) is 0 Å². The van der Waals surface area contributed by atoms with Crippen molar-refractivity contribution in [2.24, 2.45) is 0 Å². The number of rotatable bonds is 4. The number of anilines is 1. The largest absolute Gasteiger partial charge is 0.469 e. The van der Waals surface area contributed by atoms with Crippen molar-refractivity contribution in [1.29, 1.82) is 0 Å². The van der Waals surface area contributed by atoms with Crippen LogP contribution in [0.2, 0.25) is 0 Å². The molecule has 1 aliphatic carbocycles. The van der Waals surface area contributed by atoms with Crippen LogP contribution in [0.4, 0.5) is 11.5 Å². The van der Waals surface area contributed by atoms with Crippen LogP contribution in [-0.4, -0.2) is 34.1 Å². The van der Waals surface area contributed by atoms with Crippen molar-refractivity contribution in [2.45, 2.75) is 63.9 Å². The van der Waals surface area contributed by atoms with E-state index in [4.69, 9.17) is 4.74 Å². The van der Waals surface area contributed by atoms with E-state index in [9.17, 15) is 10.1 Å². The summed E-state index contributed by atoms with van der Waals surface area (Å²) in [7, 11) is 0. The molecule has 1 aromatic rings. The number of hydrogen-bond donors (Lipinski definition) is 0. The Kier molecular flexibility index (Phi) is 5.25. The Balaban J connectivity index is 1.86. The molecule has 7 nitrogen and oxygen atoms in total. The first-order valence-electron chi connectivity index (χ1n) is 8.66. The summed E-state index contributed by atoms with van der Waals surface area (Å²) >= 11 is 0. The molecule has 2 fully saturated rings. The predicted octanol–water partition coefficient (Wildman–Crippen LogP) is 3.48. The highest BCUT2D eigenvalue weighted by Gasteiger charge is 2.30. The second kappa shape index (κ2) is 7.57. The number of nitro groups is 1. The molecule has 0 atom stereocenters. The van der Waals surface area contributed by atoms with Crippen molar-refractivity contribution in [3.8, 4) is 5.88 Å². The van der Waals surface area contributed by atoms with E-state index in [2.05, 4.69) is 9.97 Å². The Labute approximate surface area is 136 Å². The third-order valence-electron chi connectivity index (χ3n) is 4.69. The Bertz CT molecular complexity index is 538. The van der Waals surface area contributed by atoms with Gasteiger partial charge in [0.05, 0.1) is 4.92 Å². The van der Waals surface area contributed by atoms with Crippen LogP contribution in [0, 0.1) is 10.1 Å². The molecule has 1 aliphatic heterocycles. The molecular weight excluding hydrogens is 296 g/mol. The molecule has 126 valence electrons. The molecule has 0 radical (unpaired) electrons. The zero-order chi connectivity index (χ0) is 16.1. The second-order valence-electron chi connectivity index (χ2n) is 6.39. The van der Waals surface area contributed by atoms with E-state index >= 15 is 0 Å². The van der Waals surface area contributed by atoms with Crippen molar-refractivity contribution in [1.82, 2.24) is 9.97 Å². The molecule has 2 aliphatic rings. The second-order valence-corrected chi connectivity index (χ2v) is 6.39. The van der Waals surface area contributed by atoms with Crippen molar-refractivity contribution >= 4 is 11.5 Å². The smallest absolute Gasteiger partial charge is 0.372 e. The maximum atomic E-state index is 11.6. The van der Waals surface area contributed by atoms with Gasteiger partial charge in [-0.2, -0.15) is 4.98 Å². The lowest BCUT2D eigenvalue weighted by atomic mass is 9.98. The lowest BCUT2D eigenvalue weighted by Crippen LogP contribution is -2.27. The zero-order valence-electron chi connectivity index (χ0n) is 13.4. The molecule has 0 aromatic carbocycles. The van der Waals surface area contributed by atoms with E-state index in [1.165, 1.54) is 25.6 Å². The van der Waals surface area contributed by atoms with Crippen molar-refractivity contribution < 1.29 is 9.66 Å². The van der Waals surface area contributed by atoms with Gasteiger partial charge in [-0.15, -0.1) is 0 Å². The fourth-order valence-corrected chi connectivity index (χ4v) is 3.45. The van der Waals surface area contributed by atoms with Crippen LogP contribution in [-0.2, 0) is 0 Å². The summed E-state index contributed by atoms with van der Waals surface area (Å²) in [5.41, 5.74) is -0.0695. The highest BCUT2D eigenvalue weighted by Crippen LogP contribution is 2.36. The SMILES string of the molecule is O=[N+]([O-])c1c(OC2CCCCC2)ncnc1N1CCCCCC1. The summed E-state index contributed by atoms with van der Waals surface area (Å²) < 4.78 is 5.89. The van der Waals surface area contributed by atoms with Gasteiger partial charge in [-0.3, -0.25) is 10.1 Å². The van der Waals surface area contributed by atoms with Gasteiger partial charge in [0.2, 0.25) is 5.82 Å². The van der Waals surface area contributed by atoms with Crippen LogP contribution in [0.3, 0.4) is 0 Å². The van der Waals surface area contributed by atoms with Gasteiger partial charge in [0.1, 0.15) is 12.4 Å². The highest BCUT2D eigenvalue weighted by atomic mass is 16.6. The fourth-order valence-electron chi connectivity index (χ4n) is 3.45. The first-order valence-corrected chi connectivity index (χ1v) is 8.66. The molecule has 0 spiro atoms. The van der Waals surface area contributed by atoms with Crippen LogP contribution >= 0.6 is 0 Å². The van der Waals surface area contributed by atoms with Gasteiger partial charge in [-0.1, -0.05) is 19.3 Å². The summed E-state index contributed by atoms with van der Waals surface area (Å²) in [5.74, 6) is 0.550. The van der Waals surface area contributed by atoms with Gasteiger partial charge in [0, 0.05) is 13.1 Å². The quantitative estimate of drug-likeness (QED) is 0.624. The Morgan fingerprint density at radius 1 is 1.04 bits per heavy atom. The molecule has 23 heavy (non-hydrogen) atoms. The minimum atomic E-state index is -0.390. The van der Waals surface area contributed by atoms with E-state index in [0.29, 0.717) is 5.82 Å². The summed E-state index contributed by atoms with van der Waals surface area (Å²) in [6.45, 7) is 1.61.